The molecule has 0 aromatic heterocycles. The summed E-state index contributed by atoms with van der Waals surface area (Å²) in [5, 5.41) is 5.88. The molecule has 0 aromatic rings. The number of esters is 1. The van der Waals surface area contributed by atoms with Gasteiger partial charge in [0.1, 0.15) is 18.1 Å². The Morgan fingerprint density at radius 2 is 1.57 bits per heavy atom. The SMILES string of the molecule is CCOC(=O)C(CCS)NC(=O)[C@@H]1CCCN1C(=O)/C(C)=C/[C@H](C(C)C)N(C)C(=O)[C@@H](NC(=O)[C@H]1CCCCN1C(C)C)C(C)(C)C. The molecule has 0 aromatic carbocycles. The first-order valence-electron chi connectivity index (χ1n) is 17.4. The predicted molar refractivity (Wildman–Crippen MR) is 188 cm³/mol. The summed E-state index contributed by atoms with van der Waals surface area (Å²) in [6.07, 6.45) is 6.04. The molecular weight excluding hydrogens is 618 g/mol. The van der Waals surface area contributed by atoms with Gasteiger partial charge in [-0.1, -0.05) is 47.1 Å². The topological polar surface area (TPSA) is 128 Å². The van der Waals surface area contributed by atoms with E-state index in [1.165, 1.54) is 0 Å². The van der Waals surface area contributed by atoms with Crippen molar-refractivity contribution in [3.05, 3.63) is 11.6 Å². The Bertz CT molecular complexity index is 1140. The molecule has 0 aliphatic carbocycles. The number of hydrogen-bond acceptors (Lipinski definition) is 8. The highest BCUT2D eigenvalue weighted by molar-refractivity contribution is 7.80. The molecule has 1 unspecified atom stereocenters. The molecule has 5 atom stereocenters. The molecule has 2 aliphatic rings. The van der Waals surface area contributed by atoms with Crippen LogP contribution in [0.1, 0.15) is 101 Å². The van der Waals surface area contributed by atoms with Crippen molar-refractivity contribution >= 4 is 42.2 Å². The van der Waals surface area contributed by atoms with Crippen molar-refractivity contribution in [2.75, 3.05) is 32.5 Å². The summed E-state index contributed by atoms with van der Waals surface area (Å²) in [7, 11) is 1.72. The van der Waals surface area contributed by atoms with E-state index in [0.29, 0.717) is 37.1 Å². The zero-order chi connectivity index (χ0) is 35.6. The number of carbonyl (C=O) groups excluding carboxylic acids is 5. The maximum Gasteiger partial charge on any atom is 0.328 e. The summed E-state index contributed by atoms with van der Waals surface area (Å²) in [6.45, 7) is 18.9. The molecule has 2 heterocycles. The van der Waals surface area contributed by atoms with Crippen LogP contribution in [0, 0.1) is 11.3 Å². The van der Waals surface area contributed by atoms with Crippen LogP contribution in [0.2, 0.25) is 0 Å². The van der Waals surface area contributed by atoms with Crippen LogP contribution in [0.4, 0.5) is 0 Å². The fraction of sp³-hybridized carbons (Fsp3) is 0.800. The predicted octanol–water partition coefficient (Wildman–Crippen LogP) is 3.57. The van der Waals surface area contributed by atoms with Crippen molar-refractivity contribution in [1.29, 1.82) is 0 Å². The third-order valence-electron chi connectivity index (χ3n) is 9.27. The van der Waals surface area contributed by atoms with Gasteiger partial charge in [-0.3, -0.25) is 24.1 Å². The Morgan fingerprint density at radius 1 is 0.957 bits per heavy atom. The Labute approximate surface area is 288 Å². The fourth-order valence-electron chi connectivity index (χ4n) is 6.57. The van der Waals surface area contributed by atoms with E-state index in [1.54, 1.807) is 36.8 Å². The monoisotopic (exact) mass is 679 g/mol. The quantitative estimate of drug-likeness (QED) is 0.146. The average Bonchev–Trinajstić information content (AvgIpc) is 3.50. The number of hydrogen-bond donors (Lipinski definition) is 3. The van der Waals surface area contributed by atoms with E-state index in [9.17, 15) is 24.0 Å². The second kappa shape index (κ2) is 18.2. The standard InChI is InChI=1S/C35H61N5O6S/c1-11-46-34(45)25(17-20-47)36-30(41)27-16-14-19-40(27)32(43)24(6)21-28(22(2)3)38(10)33(44)29(35(7,8)9)37-31(42)26-15-12-13-18-39(26)23(4)5/h21-23,25-29,47H,11-20H2,1-10H3,(H,36,41)(H,37,42)/b24-21+/t25?,26-,27+,28-,29-/m1/s1. The number of ether oxygens (including phenoxy) is 1. The van der Waals surface area contributed by atoms with E-state index in [1.807, 2.05) is 34.6 Å². The molecule has 2 rings (SSSR count). The third kappa shape index (κ3) is 11.0. The Hall–Kier alpha value is -2.60. The molecule has 12 heteroatoms. The summed E-state index contributed by atoms with van der Waals surface area (Å²) < 4.78 is 5.11. The van der Waals surface area contributed by atoms with Gasteiger partial charge in [-0.15, -0.1) is 0 Å². The molecule has 11 nitrogen and oxygen atoms in total. The lowest BCUT2D eigenvalue weighted by molar-refractivity contribution is -0.148. The van der Waals surface area contributed by atoms with Crippen LogP contribution in [0.3, 0.4) is 0 Å². The second-order valence-electron chi connectivity index (χ2n) is 14.7. The maximum atomic E-state index is 14.2. The first kappa shape index (κ1) is 40.6. The van der Waals surface area contributed by atoms with Gasteiger partial charge < -0.3 is 25.2 Å². The van der Waals surface area contributed by atoms with Crippen LogP contribution in [0.15, 0.2) is 11.6 Å². The lowest BCUT2D eigenvalue weighted by Gasteiger charge is -2.41. The molecule has 47 heavy (non-hydrogen) atoms. The molecule has 0 saturated carbocycles. The normalized spacial score (nSPS) is 21.3. The van der Waals surface area contributed by atoms with E-state index in [4.69, 9.17) is 4.74 Å². The molecular formula is C35H61N5O6S. The number of amides is 4. The van der Waals surface area contributed by atoms with Gasteiger partial charge in [0.15, 0.2) is 0 Å². The minimum atomic E-state index is -0.832. The largest absolute Gasteiger partial charge is 0.464 e. The molecule has 268 valence electrons. The number of carbonyl (C=O) groups is 5. The number of likely N-dealkylation sites (tertiary alicyclic amines) is 2. The summed E-state index contributed by atoms with van der Waals surface area (Å²) in [5.74, 6) is -1.20. The number of likely N-dealkylation sites (N-methyl/N-ethyl adjacent to an activating group) is 1. The molecule has 2 fully saturated rings. The van der Waals surface area contributed by atoms with Gasteiger partial charge in [0.25, 0.3) is 0 Å². The summed E-state index contributed by atoms with van der Waals surface area (Å²) >= 11 is 4.21. The number of piperidine rings is 1. The Morgan fingerprint density at radius 3 is 2.13 bits per heavy atom. The fourth-order valence-corrected chi connectivity index (χ4v) is 6.83. The van der Waals surface area contributed by atoms with Crippen molar-refractivity contribution in [3.63, 3.8) is 0 Å². The van der Waals surface area contributed by atoms with Crippen molar-refractivity contribution in [2.24, 2.45) is 11.3 Å². The van der Waals surface area contributed by atoms with Gasteiger partial charge >= 0.3 is 5.97 Å². The molecule has 0 spiro atoms. The van der Waals surface area contributed by atoms with E-state index in [2.05, 4.69) is 42.0 Å². The lowest BCUT2D eigenvalue weighted by Crippen LogP contribution is -2.60. The number of nitrogens with one attached hydrogen (secondary N) is 2. The number of rotatable bonds is 14. The first-order chi connectivity index (χ1) is 22.0. The summed E-state index contributed by atoms with van der Waals surface area (Å²) in [6, 6.07) is -2.80. The minimum Gasteiger partial charge on any atom is -0.464 e. The van der Waals surface area contributed by atoms with Gasteiger partial charge in [0.2, 0.25) is 23.6 Å². The second-order valence-corrected chi connectivity index (χ2v) is 15.1. The lowest BCUT2D eigenvalue weighted by atomic mass is 9.84. The van der Waals surface area contributed by atoms with Crippen LogP contribution in [0.25, 0.3) is 0 Å². The van der Waals surface area contributed by atoms with E-state index < -0.39 is 41.5 Å². The highest BCUT2D eigenvalue weighted by Gasteiger charge is 2.41. The molecule has 2 N–H and O–H groups in total. The zero-order valence-corrected chi connectivity index (χ0v) is 31.3. The van der Waals surface area contributed by atoms with Crippen molar-refractivity contribution in [1.82, 2.24) is 25.3 Å². The van der Waals surface area contributed by atoms with Crippen molar-refractivity contribution in [3.8, 4) is 0 Å². The Balaban J connectivity index is 2.26. The average molecular weight is 680 g/mol. The van der Waals surface area contributed by atoms with Crippen molar-refractivity contribution < 1.29 is 28.7 Å². The number of thiol groups is 1. The first-order valence-corrected chi connectivity index (χ1v) is 18.0. The van der Waals surface area contributed by atoms with E-state index in [-0.39, 0.29) is 42.3 Å². The highest BCUT2D eigenvalue weighted by Crippen LogP contribution is 2.27. The Kier molecular flexibility index (Phi) is 15.7. The highest BCUT2D eigenvalue weighted by atomic mass is 32.1. The van der Waals surface area contributed by atoms with Crippen LogP contribution < -0.4 is 10.6 Å². The minimum absolute atomic E-state index is 0.0398. The van der Waals surface area contributed by atoms with Crippen LogP contribution in [0.5, 0.6) is 0 Å². The van der Waals surface area contributed by atoms with Gasteiger partial charge in [0.05, 0.1) is 18.7 Å². The molecule has 2 saturated heterocycles. The summed E-state index contributed by atoms with van der Waals surface area (Å²) in [5.41, 5.74) is -0.134. The molecule has 2 aliphatic heterocycles. The summed E-state index contributed by atoms with van der Waals surface area (Å²) in [4.78, 5) is 72.6. The molecule has 4 amide bonds. The van der Waals surface area contributed by atoms with Gasteiger partial charge in [-0.05, 0) is 83.4 Å². The van der Waals surface area contributed by atoms with Gasteiger partial charge in [-0.25, -0.2) is 4.79 Å². The van der Waals surface area contributed by atoms with E-state index >= 15 is 0 Å². The molecule has 0 radical (unpaired) electrons. The number of nitrogens with zero attached hydrogens (tertiary/aromatic N) is 3. The van der Waals surface area contributed by atoms with Crippen LogP contribution >= 0.6 is 12.6 Å². The van der Waals surface area contributed by atoms with Crippen LogP contribution in [-0.4, -0.2) is 113 Å². The smallest absolute Gasteiger partial charge is 0.328 e. The maximum absolute atomic E-state index is 14.2. The van der Waals surface area contributed by atoms with Gasteiger partial charge in [0, 0.05) is 25.2 Å². The van der Waals surface area contributed by atoms with Crippen LogP contribution in [-0.2, 0) is 28.7 Å². The third-order valence-corrected chi connectivity index (χ3v) is 9.53. The van der Waals surface area contributed by atoms with E-state index in [0.717, 1.165) is 25.8 Å². The van der Waals surface area contributed by atoms with Gasteiger partial charge in [-0.2, -0.15) is 12.6 Å². The van der Waals surface area contributed by atoms with Crippen molar-refractivity contribution in [2.45, 2.75) is 137 Å². The zero-order valence-electron chi connectivity index (χ0n) is 30.4. The molecule has 0 bridgehead atoms.